The highest BCUT2D eigenvalue weighted by atomic mass is 15.1. The molecule has 0 unspecified atom stereocenters. The fourth-order valence-corrected chi connectivity index (χ4v) is 9.99. The molecule has 308 valence electrons. The van der Waals surface area contributed by atoms with Gasteiger partial charge in [0, 0.05) is 34.0 Å². The predicted molar refractivity (Wildman–Crippen MR) is 277 cm³/mol. The molecule has 1 heterocycles. The standard InChI is InChI=1S/C63H46N2/c1-3-49(28-21-23-46-44-45-22-11-12-29-53(45)55-31-14-13-30-54(46)55)64(50-38-40-51(41-39-50)65-61-36-19-16-33-57(61)58-34-17-20-37-62(58)65)43-42-60-52(4-2)56-32-15-18-35-59(56)63(60,47-24-7-5-8-25-47)48-26-9-6-10-27-48/h3-44H,1-2H2/b23-21+,43-42+,49-28+/i38D,39D,40D,41D. The van der Waals surface area contributed by atoms with E-state index in [1.807, 2.05) is 89.7 Å². The lowest BCUT2D eigenvalue weighted by Crippen LogP contribution is -2.29. The molecule has 0 saturated carbocycles. The number of rotatable bonds is 11. The molecule has 9 aromatic carbocycles. The Labute approximate surface area is 386 Å². The molecular weight excluding hydrogens is 785 g/mol. The van der Waals surface area contributed by atoms with E-state index >= 15 is 0 Å². The molecule has 0 saturated heterocycles. The number of aromatic nitrogens is 1. The van der Waals surface area contributed by atoms with Crippen molar-refractivity contribution in [3.05, 3.63) is 301 Å². The Bertz CT molecular complexity index is 3700. The van der Waals surface area contributed by atoms with E-state index in [4.69, 9.17) is 0 Å². The molecule has 2 heteroatoms. The summed E-state index contributed by atoms with van der Waals surface area (Å²) in [6, 6.07) is 63.4. The van der Waals surface area contributed by atoms with Gasteiger partial charge in [-0.15, -0.1) is 0 Å². The van der Waals surface area contributed by atoms with Crippen LogP contribution in [0.4, 0.5) is 5.69 Å². The van der Waals surface area contributed by atoms with Crippen LogP contribution in [0.25, 0.3) is 60.7 Å². The number of anilines is 1. The molecule has 0 spiro atoms. The van der Waals surface area contributed by atoms with Gasteiger partial charge in [0.2, 0.25) is 0 Å². The Morgan fingerprint density at radius 2 is 1.11 bits per heavy atom. The molecule has 0 atom stereocenters. The zero-order chi connectivity index (χ0) is 47.2. The van der Waals surface area contributed by atoms with Gasteiger partial charge in [0.25, 0.3) is 0 Å². The summed E-state index contributed by atoms with van der Waals surface area (Å²) < 4.78 is 41.2. The summed E-state index contributed by atoms with van der Waals surface area (Å²) in [6.07, 6.45) is 13.5. The molecule has 0 fully saturated rings. The summed E-state index contributed by atoms with van der Waals surface area (Å²) in [7, 11) is 0. The van der Waals surface area contributed by atoms with Gasteiger partial charge < -0.3 is 9.47 Å². The van der Waals surface area contributed by atoms with Gasteiger partial charge in [-0.1, -0.05) is 201 Å². The average Bonchev–Trinajstić information content (AvgIpc) is 3.89. The number of hydrogen-bond acceptors (Lipinski definition) is 1. The van der Waals surface area contributed by atoms with E-state index in [0.29, 0.717) is 5.70 Å². The number of fused-ring (bicyclic) bond motifs is 7. The van der Waals surface area contributed by atoms with E-state index in [9.17, 15) is 5.48 Å². The van der Waals surface area contributed by atoms with Crippen LogP contribution in [-0.4, -0.2) is 4.57 Å². The number of nitrogens with zero attached hydrogens (tertiary/aromatic N) is 2. The Morgan fingerprint density at radius 1 is 0.554 bits per heavy atom. The molecule has 65 heavy (non-hydrogen) atoms. The summed E-state index contributed by atoms with van der Waals surface area (Å²) in [5.74, 6) is 0. The van der Waals surface area contributed by atoms with Gasteiger partial charge >= 0.3 is 0 Å². The quantitative estimate of drug-likeness (QED) is 0.0931. The van der Waals surface area contributed by atoms with Crippen molar-refractivity contribution in [3.63, 3.8) is 0 Å². The van der Waals surface area contributed by atoms with Crippen LogP contribution < -0.4 is 4.90 Å². The fourth-order valence-electron chi connectivity index (χ4n) is 9.99. The Kier molecular flexibility index (Phi) is 8.99. The van der Waals surface area contributed by atoms with Gasteiger partial charge in [-0.3, -0.25) is 0 Å². The highest BCUT2D eigenvalue weighted by molar-refractivity contribution is 6.11. The second-order valence-corrected chi connectivity index (χ2v) is 16.2. The van der Waals surface area contributed by atoms with Crippen LogP contribution in [0.5, 0.6) is 0 Å². The second kappa shape index (κ2) is 16.7. The molecule has 1 aromatic heterocycles. The minimum Gasteiger partial charge on any atom is -0.317 e. The van der Waals surface area contributed by atoms with Crippen LogP contribution in [0.2, 0.25) is 0 Å². The van der Waals surface area contributed by atoms with Crippen molar-refractivity contribution in [2.24, 2.45) is 0 Å². The number of allylic oxidation sites excluding steroid dienone is 7. The summed E-state index contributed by atoms with van der Waals surface area (Å²) in [5.41, 5.74) is 8.83. The van der Waals surface area contributed by atoms with Crippen LogP contribution in [-0.2, 0) is 5.41 Å². The van der Waals surface area contributed by atoms with E-state index in [1.54, 1.807) is 11.0 Å². The molecule has 10 aromatic rings. The summed E-state index contributed by atoms with van der Waals surface area (Å²) in [5, 5.41) is 6.51. The number of para-hydroxylation sites is 2. The summed E-state index contributed by atoms with van der Waals surface area (Å²) in [4.78, 5) is 1.75. The van der Waals surface area contributed by atoms with Gasteiger partial charge in [-0.25, -0.2) is 0 Å². The fraction of sp³-hybridized carbons (Fsp3) is 0.0159. The SMILES string of the molecule is [2H]c1c([2H])c(-n2c3ccccc3c3ccccc32)c([2H])c([2H])c1N(/C=C/C1=C(C=C)c2ccccc2C1(c1ccccc1)c1ccccc1)/C(C=C)=C/C=C/c1cc2ccccc2c2ccccc12. The topological polar surface area (TPSA) is 8.17 Å². The minimum absolute atomic E-state index is 0.0859. The number of benzene rings is 9. The Balaban J connectivity index is 1.15. The lowest BCUT2D eigenvalue weighted by Gasteiger charge is -2.35. The van der Waals surface area contributed by atoms with Crippen molar-refractivity contribution in [2.75, 3.05) is 4.90 Å². The molecule has 0 amide bonds. The van der Waals surface area contributed by atoms with Crippen LogP contribution in [0.3, 0.4) is 0 Å². The lowest BCUT2D eigenvalue weighted by atomic mass is 9.67. The highest BCUT2D eigenvalue weighted by Crippen LogP contribution is 2.55. The molecule has 2 nitrogen and oxygen atoms in total. The zero-order valence-electron chi connectivity index (χ0n) is 39.7. The third kappa shape index (κ3) is 6.58. The van der Waals surface area contributed by atoms with Gasteiger partial charge in [0.1, 0.15) is 0 Å². The van der Waals surface area contributed by atoms with Gasteiger partial charge in [0.05, 0.1) is 21.9 Å². The molecule has 1 aliphatic carbocycles. The van der Waals surface area contributed by atoms with Crippen molar-refractivity contribution in [3.8, 4) is 5.69 Å². The monoisotopic (exact) mass is 834 g/mol. The molecule has 0 N–H and O–H groups in total. The maximum absolute atomic E-state index is 9.90. The molecule has 0 bridgehead atoms. The normalized spacial score (nSPS) is 14.6. The van der Waals surface area contributed by atoms with E-state index in [2.05, 4.69) is 153 Å². The van der Waals surface area contributed by atoms with Crippen LogP contribution in [0.15, 0.2) is 273 Å². The van der Waals surface area contributed by atoms with Gasteiger partial charge in [0.15, 0.2) is 0 Å². The molecule has 0 aliphatic heterocycles. The van der Waals surface area contributed by atoms with Crippen LogP contribution >= 0.6 is 0 Å². The van der Waals surface area contributed by atoms with Crippen molar-refractivity contribution in [1.82, 2.24) is 4.57 Å². The maximum atomic E-state index is 9.90. The first-order valence-electron chi connectivity index (χ1n) is 23.9. The Hall–Kier alpha value is -8.46. The van der Waals surface area contributed by atoms with E-state index in [-0.39, 0.29) is 35.5 Å². The van der Waals surface area contributed by atoms with Gasteiger partial charge in [-0.2, -0.15) is 0 Å². The third-order valence-electron chi connectivity index (χ3n) is 12.8. The largest absolute Gasteiger partial charge is 0.317 e. The van der Waals surface area contributed by atoms with E-state index in [1.165, 1.54) is 5.39 Å². The molecule has 0 radical (unpaired) electrons. The maximum Gasteiger partial charge on any atom is 0.0714 e. The first-order valence-corrected chi connectivity index (χ1v) is 21.9. The van der Waals surface area contributed by atoms with Crippen molar-refractivity contribution in [2.45, 2.75) is 5.41 Å². The highest BCUT2D eigenvalue weighted by Gasteiger charge is 2.46. The number of hydrogen-bond donors (Lipinski definition) is 0. The van der Waals surface area contributed by atoms with E-state index < -0.39 is 5.41 Å². The lowest BCUT2D eigenvalue weighted by molar-refractivity contribution is 0.761. The minimum atomic E-state index is -0.783. The third-order valence-corrected chi connectivity index (χ3v) is 12.8. The molecular formula is C63H46N2. The molecule has 11 rings (SSSR count). The van der Waals surface area contributed by atoms with Gasteiger partial charge in [-0.05, 0) is 121 Å². The summed E-state index contributed by atoms with van der Waals surface area (Å²) in [6.45, 7) is 8.66. The van der Waals surface area contributed by atoms with E-state index in [0.717, 1.165) is 76.9 Å². The predicted octanol–water partition coefficient (Wildman–Crippen LogP) is 16.2. The zero-order valence-corrected chi connectivity index (χ0v) is 35.7. The van der Waals surface area contributed by atoms with Crippen molar-refractivity contribution >= 4 is 60.7 Å². The smallest absolute Gasteiger partial charge is 0.0714 e. The average molecular weight is 835 g/mol. The van der Waals surface area contributed by atoms with Crippen molar-refractivity contribution in [1.29, 1.82) is 0 Å². The second-order valence-electron chi connectivity index (χ2n) is 16.2. The van der Waals surface area contributed by atoms with Crippen LogP contribution in [0.1, 0.15) is 33.3 Å². The summed E-state index contributed by atoms with van der Waals surface area (Å²) >= 11 is 0. The molecule has 1 aliphatic rings. The Morgan fingerprint density at radius 3 is 1.75 bits per heavy atom. The first kappa shape index (κ1) is 35.1. The first-order chi connectivity index (χ1) is 33.9. The van der Waals surface area contributed by atoms with Crippen LogP contribution in [0, 0.1) is 0 Å². The van der Waals surface area contributed by atoms with Crippen molar-refractivity contribution < 1.29 is 5.48 Å².